The molecule has 0 unspecified atom stereocenters. The van der Waals surface area contributed by atoms with Gasteiger partial charge in [0.25, 0.3) is 0 Å². The first-order valence-corrected chi connectivity index (χ1v) is 7.07. The molecule has 0 spiro atoms. The van der Waals surface area contributed by atoms with Gasteiger partial charge in [-0.15, -0.1) is 0 Å². The van der Waals surface area contributed by atoms with Gasteiger partial charge in [0.1, 0.15) is 11.4 Å². The molecule has 0 saturated carbocycles. The highest BCUT2D eigenvalue weighted by Crippen LogP contribution is 2.27. The predicted octanol–water partition coefficient (Wildman–Crippen LogP) is 3.36. The number of imidazole rings is 1. The smallest absolute Gasteiger partial charge is 0.325 e. The van der Waals surface area contributed by atoms with Crippen molar-refractivity contribution >= 4 is 17.5 Å². The van der Waals surface area contributed by atoms with E-state index in [1.165, 1.54) is 0 Å². The van der Waals surface area contributed by atoms with E-state index in [4.69, 9.17) is 4.52 Å². The summed E-state index contributed by atoms with van der Waals surface area (Å²) in [4.78, 5) is 16.2. The second-order valence-electron chi connectivity index (χ2n) is 5.24. The number of carbonyl (C=O) groups is 1. The molecule has 2 rings (SSSR count). The molecule has 2 aromatic heterocycles. The molecule has 2 aromatic rings. The summed E-state index contributed by atoms with van der Waals surface area (Å²) in [5.74, 6) is 1.32. The fourth-order valence-corrected chi connectivity index (χ4v) is 2.00. The number of nitrogens with one attached hydrogen (secondary N) is 2. The highest BCUT2D eigenvalue weighted by atomic mass is 16.5. The maximum absolute atomic E-state index is 12.0. The molecule has 2 N–H and O–H groups in total. The Morgan fingerprint density at radius 2 is 2.19 bits per heavy atom. The molecule has 21 heavy (non-hydrogen) atoms. The summed E-state index contributed by atoms with van der Waals surface area (Å²) in [7, 11) is 0. The minimum atomic E-state index is -0.357. The first-order chi connectivity index (χ1) is 10.0. The molecule has 0 atom stereocenters. The Morgan fingerprint density at radius 1 is 1.43 bits per heavy atom. The van der Waals surface area contributed by atoms with Crippen LogP contribution in [0.4, 0.5) is 16.3 Å². The molecule has 0 aliphatic heterocycles. The largest absolute Gasteiger partial charge is 0.359 e. The Hall–Kier alpha value is -2.31. The second kappa shape index (κ2) is 6.43. The Bertz CT molecular complexity index is 615. The van der Waals surface area contributed by atoms with Gasteiger partial charge in [-0.2, -0.15) is 0 Å². The van der Waals surface area contributed by atoms with Crippen LogP contribution in [0.1, 0.15) is 44.6 Å². The fraction of sp³-hybridized carbons (Fsp3) is 0.500. The number of nitrogens with zero attached hydrogens (tertiary/aromatic N) is 3. The van der Waals surface area contributed by atoms with Gasteiger partial charge in [-0.3, -0.25) is 5.32 Å². The number of anilines is 2. The zero-order chi connectivity index (χ0) is 15.4. The number of aromatic nitrogens is 3. The van der Waals surface area contributed by atoms with Crippen LogP contribution in [0.3, 0.4) is 0 Å². The zero-order valence-electron chi connectivity index (χ0n) is 12.8. The molecule has 7 heteroatoms. The van der Waals surface area contributed by atoms with Crippen molar-refractivity contribution < 1.29 is 9.32 Å². The van der Waals surface area contributed by atoms with Crippen LogP contribution in [-0.4, -0.2) is 20.7 Å². The van der Waals surface area contributed by atoms with E-state index in [9.17, 15) is 4.79 Å². The first-order valence-electron chi connectivity index (χ1n) is 7.07. The number of hydrogen-bond acceptors (Lipinski definition) is 4. The van der Waals surface area contributed by atoms with Crippen LogP contribution in [0.15, 0.2) is 17.0 Å². The van der Waals surface area contributed by atoms with Crippen molar-refractivity contribution in [1.29, 1.82) is 0 Å². The number of carbonyl (C=O) groups excluding carboxylic acids is 1. The molecule has 0 saturated heterocycles. The van der Waals surface area contributed by atoms with Crippen LogP contribution >= 0.6 is 0 Å². The van der Waals surface area contributed by atoms with Crippen LogP contribution in [-0.2, 0) is 6.54 Å². The third-order valence-electron chi connectivity index (χ3n) is 3.01. The third-order valence-corrected chi connectivity index (χ3v) is 3.01. The maximum atomic E-state index is 12.0. The molecule has 0 aliphatic rings. The lowest BCUT2D eigenvalue weighted by atomic mass is 10.1. The molecule has 0 aliphatic carbocycles. The minimum absolute atomic E-state index is 0.144. The number of amides is 2. The maximum Gasteiger partial charge on any atom is 0.325 e. The molecular weight excluding hydrogens is 270 g/mol. The van der Waals surface area contributed by atoms with Crippen molar-refractivity contribution in [1.82, 2.24) is 14.7 Å². The Labute approximate surface area is 123 Å². The molecule has 2 amide bonds. The summed E-state index contributed by atoms with van der Waals surface area (Å²) in [5, 5.41) is 9.36. The van der Waals surface area contributed by atoms with Gasteiger partial charge in [-0.1, -0.05) is 25.9 Å². The lowest BCUT2D eigenvalue weighted by Crippen LogP contribution is -2.20. The molecule has 0 aromatic carbocycles. The van der Waals surface area contributed by atoms with Gasteiger partial charge in [0.15, 0.2) is 11.6 Å². The van der Waals surface area contributed by atoms with E-state index < -0.39 is 0 Å². The second-order valence-corrected chi connectivity index (χ2v) is 5.24. The van der Waals surface area contributed by atoms with Crippen LogP contribution < -0.4 is 10.6 Å². The molecule has 0 fully saturated rings. The fourth-order valence-electron chi connectivity index (χ4n) is 2.00. The van der Waals surface area contributed by atoms with E-state index >= 15 is 0 Å². The highest BCUT2D eigenvalue weighted by molar-refractivity contribution is 5.99. The first kappa shape index (κ1) is 15.1. The van der Waals surface area contributed by atoms with Gasteiger partial charge in [0, 0.05) is 18.7 Å². The number of hydrogen-bond donors (Lipinski definition) is 2. The third kappa shape index (κ3) is 3.62. The zero-order valence-corrected chi connectivity index (χ0v) is 12.8. The van der Waals surface area contributed by atoms with E-state index in [1.807, 2.05) is 18.4 Å². The van der Waals surface area contributed by atoms with Crippen LogP contribution in [0.2, 0.25) is 0 Å². The van der Waals surface area contributed by atoms with Crippen molar-refractivity contribution in [3.63, 3.8) is 0 Å². The van der Waals surface area contributed by atoms with Crippen molar-refractivity contribution in [3.8, 4) is 0 Å². The molecule has 114 valence electrons. The minimum Gasteiger partial charge on any atom is -0.359 e. The van der Waals surface area contributed by atoms with E-state index in [0.717, 1.165) is 13.0 Å². The van der Waals surface area contributed by atoms with Crippen molar-refractivity contribution in [3.05, 3.63) is 24.0 Å². The summed E-state index contributed by atoms with van der Waals surface area (Å²) in [6.07, 6.45) is 4.51. The Kier molecular flexibility index (Phi) is 4.62. The molecule has 0 radical (unpaired) electrons. The van der Waals surface area contributed by atoms with Gasteiger partial charge in [-0.25, -0.2) is 9.78 Å². The van der Waals surface area contributed by atoms with Gasteiger partial charge < -0.3 is 14.4 Å². The van der Waals surface area contributed by atoms with Gasteiger partial charge in [0.2, 0.25) is 0 Å². The molecule has 7 nitrogen and oxygen atoms in total. The van der Waals surface area contributed by atoms with E-state index in [1.54, 1.807) is 19.4 Å². The van der Waals surface area contributed by atoms with Crippen molar-refractivity contribution in [2.24, 2.45) is 0 Å². The predicted molar refractivity (Wildman–Crippen MR) is 80.5 cm³/mol. The SMILES string of the molecule is CCCn1cnc(NC(=O)Nc2c(C)noc2C(C)C)c1. The van der Waals surface area contributed by atoms with Crippen LogP contribution in [0, 0.1) is 6.92 Å². The molecule has 0 bridgehead atoms. The average molecular weight is 291 g/mol. The standard InChI is InChI=1S/C14H21N5O2/c1-5-6-19-7-11(15-8-19)16-14(20)17-12-10(4)18-21-13(12)9(2)3/h7-9H,5-6H2,1-4H3,(H2,16,17,20). The average Bonchev–Trinajstić information content (AvgIpc) is 2.98. The van der Waals surface area contributed by atoms with Gasteiger partial charge >= 0.3 is 6.03 Å². The molecular formula is C14H21N5O2. The summed E-state index contributed by atoms with van der Waals surface area (Å²) in [5.41, 5.74) is 1.28. The summed E-state index contributed by atoms with van der Waals surface area (Å²) in [6.45, 7) is 8.71. The van der Waals surface area contributed by atoms with E-state index in [2.05, 4.69) is 27.7 Å². The lowest BCUT2D eigenvalue weighted by Gasteiger charge is -2.07. The topological polar surface area (TPSA) is 85.0 Å². The van der Waals surface area contributed by atoms with E-state index in [0.29, 0.717) is 23.0 Å². The number of rotatable bonds is 5. The van der Waals surface area contributed by atoms with Crippen molar-refractivity contribution in [2.75, 3.05) is 10.6 Å². The summed E-state index contributed by atoms with van der Waals surface area (Å²) >= 11 is 0. The van der Waals surface area contributed by atoms with Crippen LogP contribution in [0.5, 0.6) is 0 Å². The van der Waals surface area contributed by atoms with Crippen LogP contribution in [0.25, 0.3) is 0 Å². The Morgan fingerprint density at radius 3 is 2.86 bits per heavy atom. The van der Waals surface area contributed by atoms with Crippen molar-refractivity contribution in [2.45, 2.75) is 46.6 Å². The normalized spacial score (nSPS) is 10.9. The lowest BCUT2D eigenvalue weighted by molar-refractivity contribution is 0.262. The van der Waals surface area contributed by atoms with E-state index in [-0.39, 0.29) is 11.9 Å². The highest BCUT2D eigenvalue weighted by Gasteiger charge is 2.18. The quantitative estimate of drug-likeness (QED) is 0.884. The van der Waals surface area contributed by atoms with Gasteiger partial charge in [-0.05, 0) is 13.3 Å². The summed E-state index contributed by atoms with van der Waals surface area (Å²) in [6, 6.07) is -0.357. The number of aryl methyl sites for hydroxylation is 2. The summed E-state index contributed by atoms with van der Waals surface area (Å²) < 4.78 is 7.16. The monoisotopic (exact) mass is 291 g/mol. The molecule has 2 heterocycles. The number of urea groups is 1. The Balaban J connectivity index is 2.03. The van der Waals surface area contributed by atoms with Gasteiger partial charge in [0.05, 0.1) is 6.33 Å².